The summed E-state index contributed by atoms with van der Waals surface area (Å²) in [6.45, 7) is 15.0. The molecule has 0 aromatic heterocycles. The molecular weight excluding hydrogens is 536 g/mol. The lowest BCUT2D eigenvalue weighted by atomic mass is 9.88. The first-order chi connectivity index (χ1) is 20.3. The zero-order valence-corrected chi connectivity index (χ0v) is 28.5. The molecule has 43 heavy (non-hydrogen) atoms. The van der Waals surface area contributed by atoms with Gasteiger partial charge in [-0.25, -0.2) is 0 Å². The van der Waals surface area contributed by atoms with Gasteiger partial charge in [-0.05, 0) is 132 Å². The second kappa shape index (κ2) is 20.1. The van der Waals surface area contributed by atoms with Gasteiger partial charge in [0, 0.05) is 5.57 Å². The Morgan fingerprint density at radius 2 is 1.09 bits per heavy atom. The number of carbonyl (C=O) groups excluding carboxylic acids is 2. The van der Waals surface area contributed by atoms with Crippen molar-refractivity contribution >= 4 is 11.6 Å². The zero-order chi connectivity index (χ0) is 32.4. The number of aliphatic hydroxyl groups is 1. The van der Waals surface area contributed by atoms with Crippen LogP contribution in [0.3, 0.4) is 0 Å². The van der Waals surface area contributed by atoms with Gasteiger partial charge < -0.3 is 14.6 Å². The Labute approximate surface area is 262 Å². The molecule has 0 radical (unpaired) electrons. The van der Waals surface area contributed by atoms with Crippen molar-refractivity contribution < 1.29 is 24.2 Å². The minimum Gasteiger partial charge on any atom is -0.490 e. The molecule has 1 rings (SSSR count). The van der Waals surface area contributed by atoms with Crippen LogP contribution >= 0.6 is 0 Å². The van der Waals surface area contributed by atoms with Crippen LogP contribution in [-0.2, 0) is 19.1 Å². The van der Waals surface area contributed by atoms with Crippen molar-refractivity contribution in [1.29, 1.82) is 0 Å². The van der Waals surface area contributed by atoms with Crippen LogP contribution in [0.1, 0.15) is 126 Å². The molecule has 240 valence electrons. The molecular formula is C38H58O5. The molecule has 0 aromatic carbocycles. The Morgan fingerprint density at radius 1 is 0.674 bits per heavy atom. The van der Waals surface area contributed by atoms with Gasteiger partial charge in [0.2, 0.25) is 23.1 Å². The molecule has 0 saturated heterocycles. The number of ketones is 2. The molecule has 1 unspecified atom stereocenters. The first-order valence-corrected chi connectivity index (χ1v) is 15.9. The Hall–Kier alpha value is -2.92. The van der Waals surface area contributed by atoms with Crippen molar-refractivity contribution in [2.75, 3.05) is 14.2 Å². The van der Waals surface area contributed by atoms with E-state index >= 15 is 0 Å². The first-order valence-electron chi connectivity index (χ1n) is 15.9. The number of hydrogen-bond acceptors (Lipinski definition) is 5. The predicted octanol–water partition coefficient (Wildman–Crippen LogP) is 9.75. The van der Waals surface area contributed by atoms with Crippen LogP contribution in [0.15, 0.2) is 81.4 Å². The molecule has 0 fully saturated rings. The molecule has 0 bridgehead atoms. The van der Waals surface area contributed by atoms with E-state index in [0.717, 1.165) is 57.8 Å². The third-order valence-electron chi connectivity index (χ3n) is 7.94. The molecule has 5 nitrogen and oxygen atoms in total. The highest BCUT2D eigenvalue weighted by Gasteiger charge is 2.31. The fraction of sp³-hybridized carbons (Fsp3) is 0.579. The predicted molar refractivity (Wildman–Crippen MR) is 180 cm³/mol. The molecule has 0 saturated carbocycles. The van der Waals surface area contributed by atoms with Gasteiger partial charge in [0.15, 0.2) is 0 Å². The lowest BCUT2D eigenvalue weighted by Gasteiger charge is -2.24. The Bertz CT molecular complexity index is 1150. The second-order valence-corrected chi connectivity index (χ2v) is 12.6. The van der Waals surface area contributed by atoms with E-state index in [2.05, 4.69) is 71.9 Å². The average Bonchev–Trinajstić information content (AvgIpc) is 2.92. The van der Waals surface area contributed by atoms with Gasteiger partial charge in [-0.1, -0.05) is 58.2 Å². The van der Waals surface area contributed by atoms with Gasteiger partial charge in [0.1, 0.15) is 0 Å². The molecule has 1 aliphatic carbocycles. The van der Waals surface area contributed by atoms with Crippen LogP contribution in [0.2, 0.25) is 0 Å². The van der Waals surface area contributed by atoms with Crippen molar-refractivity contribution in [3.05, 3.63) is 81.4 Å². The molecule has 0 heterocycles. The lowest BCUT2D eigenvalue weighted by Crippen LogP contribution is -2.26. The first kappa shape index (κ1) is 38.1. The molecule has 1 aliphatic rings. The molecule has 5 heteroatoms. The normalized spacial score (nSPS) is 16.7. The maximum atomic E-state index is 12.6. The summed E-state index contributed by atoms with van der Waals surface area (Å²) in [5.74, 6) is -0.887. The van der Waals surface area contributed by atoms with E-state index in [0.29, 0.717) is 24.8 Å². The van der Waals surface area contributed by atoms with E-state index in [1.807, 2.05) is 0 Å². The summed E-state index contributed by atoms with van der Waals surface area (Å²) < 4.78 is 10.1. The van der Waals surface area contributed by atoms with E-state index in [4.69, 9.17) is 9.47 Å². The van der Waals surface area contributed by atoms with E-state index in [9.17, 15) is 14.7 Å². The van der Waals surface area contributed by atoms with E-state index < -0.39 is 5.60 Å². The number of rotatable bonds is 20. The van der Waals surface area contributed by atoms with Gasteiger partial charge >= 0.3 is 0 Å². The summed E-state index contributed by atoms with van der Waals surface area (Å²) in [4.78, 5) is 24.9. The van der Waals surface area contributed by atoms with Crippen LogP contribution in [0.25, 0.3) is 0 Å². The summed E-state index contributed by atoms with van der Waals surface area (Å²) in [5.41, 5.74) is 6.51. The third-order valence-corrected chi connectivity index (χ3v) is 7.94. The maximum absolute atomic E-state index is 12.6. The number of carbonyl (C=O) groups is 2. The largest absolute Gasteiger partial charge is 0.490 e. The van der Waals surface area contributed by atoms with Crippen LogP contribution < -0.4 is 0 Å². The van der Waals surface area contributed by atoms with E-state index in [1.165, 1.54) is 48.2 Å². The number of allylic oxidation sites excluding steroid dienone is 12. The molecule has 0 spiro atoms. The average molecular weight is 595 g/mol. The maximum Gasteiger partial charge on any atom is 0.227 e. The van der Waals surface area contributed by atoms with Gasteiger partial charge in [-0.3, -0.25) is 9.59 Å². The Kier molecular flexibility index (Phi) is 17.8. The second-order valence-electron chi connectivity index (χ2n) is 12.6. The Morgan fingerprint density at radius 3 is 1.51 bits per heavy atom. The van der Waals surface area contributed by atoms with Gasteiger partial charge in [0.25, 0.3) is 0 Å². The highest BCUT2D eigenvalue weighted by molar-refractivity contribution is 6.21. The molecule has 0 aromatic rings. The van der Waals surface area contributed by atoms with Crippen molar-refractivity contribution in [1.82, 2.24) is 0 Å². The van der Waals surface area contributed by atoms with Gasteiger partial charge in [-0.15, -0.1) is 0 Å². The third kappa shape index (κ3) is 15.9. The van der Waals surface area contributed by atoms with Crippen LogP contribution in [-0.4, -0.2) is 36.5 Å². The van der Waals surface area contributed by atoms with Gasteiger partial charge in [0.05, 0.1) is 19.8 Å². The highest BCUT2D eigenvalue weighted by atomic mass is 16.5. The fourth-order valence-corrected chi connectivity index (χ4v) is 5.01. The molecule has 1 atom stereocenters. The summed E-state index contributed by atoms with van der Waals surface area (Å²) in [7, 11) is 2.69. The van der Waals surface area contributed by atoms with Crippen molar-refractivity contribution in [3.8, 4) is 0 Å². The standard InChI is InChI=1S/C38H58O5/c1-28(2)15-10-16-29(3)17-11-18-30(4)19-12-20-31(5)21-13-22-32(6)23-14-25-38(7,41)26-24-33-27-34(39)36(42-8)37(43-9)35(33)40/h15,17,19,21,23,27,41H,10-14,16,18,20,22,24-26H2,1-9H3. The smallest absolute Gasteiger partial charge is 0.227 e. The summed E-state index contributed by atoms with van der Waals surface area (Å²) in [6, 6.07) is 0. The zero-order valence-electron chi connectivity index (χ0n) is 28.5. The number of ether oxygens (including phenoxy) is 2. The number of Topliss-reactive ketones (excluding diaryl/α,β-unsaturated/α-hetero) is 1. The minimum atomic E-state index is -0.942. The Balaban J connectivity index is 2.37. The lowest BCUT2D eigenvalue weighted by molar-refractivity contribution is -0.120. The van der Waals surface area contributed by atoms with E-state index in [1.54, 1.807) is 6.92 Å². The molecule has 0 aliphatic heterocycles. The number of hydrogen-bond donors (Lipinski definition) is 1. The van der Waals surface area contributed by atoms with Crippen molar-refractivity contribution in [3.63, 3.8) is 0 Å². The van der Waals surface area contributed by atoms with E-state index in [-0.39, 0.29) is 23.1 Å². The SMILES string of the molecule is COC1=C(OC)C(=O)C(CCC(C)(O)CCC=C(C)CCC=C(C)CCC=C(C)CCC=C(C)CCC=C(C)C)=CC1=O. The van der Waals surface area contributed by atoms with Crippen molar-refractivity contribution in [2.24, 2.45) is 0 Å². The molecule has 1 N–H and O–H groups in total. The number of methoxy groups -OCH3 is 2. The van der Waals surface area contributed by atoms with Crippen molar-refractivity contribution in [2.45, 2.75) is 131 Å². The quantitative estimate of drug-likeness (QED) is 0.112. The van der Waals surface area contributed by atoms with Crippen LogP contribution in [0.4, 0.5) is 0 Å². The van der Waals surface area contributed by atoms with Crippen LogP contribution in [0.5, 0.6) is 0 Å². The fourth-order valence-electron chi connectivity index (χ4n) is 5.01. The van der Waals surface area contributed by atoms with Crippen LogP contribution in [0, 0.1) is 0 Å². The summed E-state index contributed by atoms with van der Waals surface area (Å²) >= 11 is 0. The monoisotopic (exact) mass is 594 g/mol. The van der Waals surface area contributed by atoms with Gasteiger partial charge in [-0.2, -0.15) is 0 Å². The minimum absolute atomic E-state index is 0.0704. The summed E-state index contributed by atoms with van der Waals surface area (Å²) in [6.07, 6.45) is 23.8. The summed E-state index contributed by atoms with van der Waals surface area (Å²) in [5, 5.41) is 10.9. The highest BCUT2D eigenvalue weighted by Crippen LogP contribution is 2.28. The molecule has 0 amide bonds. The topological polar surface area (TPSA) is 72.8 Å².